The van der Waals surface area contributed by atoms with Crippen LogP contribution in [0.2, 0.25) is 0 Å². The Morgan fingerprint density at radius 2 is 1.00 bits per heavy atom. The van der Waals surface area contributed by atoms with Crippen molar-refractivity contribution in [1.82, 2.24) is 19.1 Å². The van der Waals surface area contributed by atoms with Gasteiger partial charge in [0.05, 0.1) is 24.2 Å². The van der Waals surface area contributed by atoms with E-state index in [9.17, 15) is 45.5 Å². The third-order valence-corrected chi connectivity index (χ3v) is 7.06. The van der Waals surface area contributed by atoms with Crippen molar-refractivity contribution < 1.29 is 55.2 Å². The first kappa shape index (κ1) is 36.2. The topological polar surface area (TPSA) is 147 Å². The molecule has 0 saturated heterocycles. The van der Waals surface area contributed by atoms with Crippen molar-refractivity contribution in [1.29, 1.82) is 0 Å². The maximum atomic E-state index is 13.2. The molecule has 2 heterocycles. The van der Waals surface area contributed by atoms with Gasteiger partial charge in [0.1, 0.15) is 24.1 Å². The Bertz CT molecular complexity index is 1780. The number of benzene rings is 2. The Morgan fingerprint density at radius 1 is 0.653 bits per heavy atom. The molecule has 0 bridgehead atoms. The molecule has 4 rings (SSSR count). The Kier molecular flexibility index (Phi) is 11.2. The van der Waals surface area contributed by atoms with Crippen molar-refractivity contribution in [2.75, 3.05) is 0 Å². The monoisotopic (exact) mass is 708 g/mol. The first-order valence-corrected chi connectivity index (χ1v) is 14.5. The maximum Gasteiger partial charge on any atom is 0.445 e. The molecular formula is C30H22F6N6O6S. The fraction of sp³-hybridized carbons (Fsp3) is 0.200. The Morgan fingerprint density at radius 3 is 1.29 bits per heavy atom. The first-order chi connectivity index (χ1) is 23.0. The predicted octanol–water partition coefficient (Wildman–Crippen LogP) is 7.20. The van der Waals surface area contributed by atoms with Crippen molar-refractivity contribution in [2.24, 2.45) is 10.3 Å². The van der Waals surface area contributed by atoms with Gasteiger partial charge in [0.15, 0.2) is 0 Å². The molecule has 0 fully saturated rings. The summed E-state index contributed by atoms with van der Waals surface area (Å²) in [6.07, 6.45) is -11.0. The zero-order valence-corrected chi connectivity index (χ0v) is 26.0. The van der Waals surface area contributed by atoms with Gasteiger partial charge in [-0.1, -0.05) is 22.1 Å². The molecule has 2 aromatic carbocycles. The average molecular weight is 709 g/mol. The van der Waals surface area contributed by atoms with Crippen LogP contribution in [0.3, 0.4) is 0 Å². The van der Waals surface area contributed by atoms with Crippen molar-refractivity contribution in [2.45, 2.75) is 48.8 Å². The molecule has 12 nitrogen and oxygen atoms in total. The summed E-state index contributed by atoms with van der Waals surface area (Å²) in [5.41, 5.74) is -1.67. The smallest absolute Gasteiger partial charge is 0.297 e. The summed E-state index contributed by atoms with van der Waals surface area (Å²) in [4.78, 5) is 67.5. The van der Waals surface area contributed by atoms with Crippen LogP contribution in [0.15, 0.2) is 93.7 Å². The average Bonchev–Trinajstić information content (AvgIpc) is 3.68. The van der Waals surface area contributed by atoms with Gasteiger partial charge in [0, 0.05) is 33.3 Å². The van der Waals surface area contributed by atoms with Crippen molar-refractivity contribution in [3.05, 3.63) is 96.1 Å². The highest BCUT2D eigenvalue weighted by atomic mass is 32.2. The van der Waals surface area contributed by atoms with Crippen LogP contribution in [0.5, 0.6) is 0 Å². The summed E-state index contributed by atoms with van der Waals surface area (Å²) in [6, 6.07) is 10.5. The van der Waals surface area contributed by atoms with Crippen LogP contribution in [-0.4, -0.2) is 66.6 Å². The lowest BCUT2D eigenvalue weighted by Crippen LogP contribution is -2.24. The van der Waals surface area contributed by atoms with Crippen LogP contribution in [0.1, 0.15) is 44.9 Å². The molecule has 19 heteroatoms. The van der Waals surface area contributed by atoms with Crippen molar-refractivity contribution >= 4 is 46.9 Å². The quantitative estimate of drug-likeness (QED) is 0.0549. The van der Waals surface area contributed by atoms with E-state index in [2.05, 4.69) is 30.0 Å². The number of hydrogen-bond donors (Lipinski definition) is 0. The number of aromatic nitrogens is 4. The molecule has 0 atom stereocenters. The van der Waals surface area contributed by atoms with E-state index in [0.29, 0.717) is 21.2 Å². The molecule has 0 aliphatic carbocycles. The SMILES string of the molecule is Cc1cn(C(=O)O/N=C(\CC(F)(F)F)C(=O)c2ccc(Sc3ccc(C(=O)/C(CC(F)(F)F)=N/OC(=O)n4cnc(C)c4)cc3)cc2)cn1. The largest absolute Gasteiger partial charge is 0.445 e. The highest BCUT2D eigenvalue weighted by molar-refractivity contribution is 7.99. The van der Waals surface area contributed by atoms with E-state index >= 15 is 0 Å². The molecule has 49 heavy (non-hydrogen) atoms. The normalized spacial score (nSPS) is 12.5. The second-order valence-electron chi connectivity index (χ2n) is 10.0. The summed E-state index contributed by atoms with van der Waals surface area (Å²) in [7, 11) is 0. The van der Waals surface area contributed by atoms with E-state index in [-0.39, 0.29) is 11.1 Å². The fourth-order valence-electron chi connectivity index (χ4n) is 3.83. The number of rotatable bonds is 10. The third-order valence-electron chi connectivity index (χ3n) is 6.04. The summed E-state index contributed by atoms with van der Waals surface area (Å²) in [5, 5.41) is 6.34. The van der Waals surface area contributed by atoms with Crippen LogP contribution in [0, 0.1) is 13.8 Å². The predicted molar refractivity (Wildman–Crippen MR) is 160 cm³/mol. The van der Waals surface area contributed by atoms with Gasteiger partial charge in [-0.3, -0.25) is 19.3 Å². The minimum absolute atomic E-state index is 0.192. The van der Waals surface area contributed by atoms with E-state index in [0.717, 1.165) is 33.6 Å². The number of nitrogens with zero attached hydrogens (tertiary/aromatic N) is 6. The van der Waals surface area contributed by atoms with Crippen molar-refractivity contribution in [3.8, 4) is 0 Å². The van der Waals surface area contributed by atoms with E-state index < -0.39 is 60.4 Å². The van der Waals surface area contributed by atoms with Gasteiger partial charge in [-0.2, -0.15) is 26.3 Å². The highest BCUT2D eigenvalue weighted by Crippen LogP contribution is 2.29. The third kappa shape index (κ3) is 10.7. The van der Waals surface area contributed by atoms with E-state index in [1.54, 1.807) is 13.8 Å². The Labute approximate surface area is 276 Å². The molecule has 0 spiro atoms. The van der Waals surface area contributed by atoms with E-state index in [4.69, 9.17) is 0 Å². The van der Waals surface area contributed by atoms with Gasteiger partial charge in [-0.05, 0) is 62.4 Å². The van der Waals surface area contributed by atoms with Gasteiger partial charge in [0.2, 0.25) is 11.6 Å². The second-order valence-corrected chi connectivity index (χ2v) is 11.2. The summed E-state index contributed by atoms with van der Waals surface area (Å²) >= 11 is 1.09. The second kappa shape index (κ2) is 15.1. The van der Waals surface area contributed by atoms with Crippen LogP contribution < -0.4 is 0 Å². The molecule has 0 saturated carbocycles. The minimum atomic E-state index is -4.85. The van der Waals surface area contributed by atoms with Gasteiger partial charge < -0.3 is 0 Å². The summed E-state index contributed by atoms with van der Waals surface area (Å²) in [6.45, 7) is 3.12. The standard InChI is InChI=1S/C30H22F6N6O6S/c1-17-13-41(15-37-17)27(45)47-39-23(11-29(31,32)33)25(43)19-3-7-21(8-4-19)49-22-9-5-20(6-10-22)26(44)24(12-30(34,35)36)40-48-28(46)42-14-18(2)38-16-42/h3-10,13-16H,11-12H2,1-2H3/b39-23+,40-24+. The van der Waals surface area contributed by atoms with Gasteiger partial charge in [-0.15, -0.1) is 0 Å². The van der Waals surface area contributed by atoms with Gasteiger partial charge >= 0.3 is 24.5 Å². The zero-order chi connectivity index (χ0) is 35.9. The lowest BCUT2D eigenvalue weighted by molar-refractivity contribution is -0.122. The zero-order valence-electron chi connectivity index (χ0n) is 25.2. The molecule has 0 radical (unpaired) electrons. The number of aryl methyl sites for hydroxylation is 2. The number of Topliss-reactive ketones (excluding diaryl/α,β-unsaturated/α-hetero) is 2. The molecule has 0 aliphatic heterocycles. The Balaban J connectivity index is 1.44. The van der Waals surface area contributed by atoms with Gasteiger partial charge in [-0.25, -0.2) is 28.7 Å². The summed E-state index contributed by atoms with van der Waals surface area (Å²) < 4.78 is 80.7. The first-order valence-electron chi connectivity index (χ1n) is 13.7. The molecule has 0 aliphatic rings. The highest BCUT2D eigenvalue weighted by Gasteiger charge is 2.35. The van der Waals surface area contributed by atoms with Gasteiger partial charge in [0.25, 0.3) is 0 Å². The van der Waals surface area contributed by atoms with E-state index in [1.807, 2.05) is 0 Å². The molecule has 0 unspecified atom stereocenters. The molecule has 256 valence electrons. The fourth-order valence-corrected chi connectivity index (χ4v) is 4.65. The van der Waals surface area contributed by atoms with E-state index in [1.165, 1.54) is 60.9 Å². The molecule has 2 aromatic heterocycles. The molecule has 0 amide bonds. The summed E-state index contributed by atoms with van der Waals surface area (Å²) in [5.74, 6) is -2.29. The number of ketones is 2. The number of hydrogen-bond acceptors (Lipinski definition) is 11. The minimum Gasteiger partial charge on any atom is -0.297 e. The number of oxime groups is 2. The lowest BCUT2D eigenvalue weighted by atomic mass is 10.0. The number of carbonyl (C=O) groups is 4. The van der Waals surface area contributed by atoms with Crippen LogP contribution in [0.4, 0.5) is 35.9 Å². The van der Waals surface area contributed by atoms with Crippen molar-refractivity contribution in [3.63, 3.8) is 0 Å². The Hall–Kier alpha value is -5.59. The van der Waals surface area contributed by atoms with Crippen LogP contribution >= 0.6 is 11.8 Å². The lowest BCUT2D eigenvalue weighted by Gasteiger charge is -2.10. The molecule has 0 N–H and O–H groups in total. The van der Waals surface area contributed by atoms with Crippen LogP contribution in [0.25, 0.3) is 0 Å². The van der Waals surface area contributed by atoms with Crippen LogP contribution in [-0.2, 0) is 9.68 Å². The number of imidazole rings is 2. The number of carbonyl (C=O) groups excluding carboxylic acids is 4. The number of halogens is 6. The molecule has 4 aromatic rings. The maximum absolute atomic E-state index is 13.2. The number of alkyl halides is 6. The molecular weight excluding hydrogens is 686 g/mol.